The van der Waals surface area contributed by atoms with Crippen LogP contribution in [0.15, 0.2) is 48.5 Å². The number of ether oxygens (including phenoxy) is 2. The van der Waals surface area contributed by atoms with Gasteiger partial charge in [-0.05, 0) is 67.8 Å². The van der Waals surface area contributed by atoms with E-state index in [-0.39, 0.29) is 36.9 Å². The van der Waals surface area contributed by atoms with Crippen molar-refractivity contribution in [2.24, 2.45) is 0 Å². The van der Waals surface area contributed by atoms with E-state index in [9.17, 15) is 27.5 Å². The Morgan fingerprint density at radius 2 is 1.63 bits per heavy atom. The normalized spacial score (nSPS) is 19.8. The fraction of sp³-hybridized carbons (Fsp3) is 0.381. The van der Waals surface area contributed by atoms with Crippen LogP contribution in [-0.4, -0.2) is 47.6 Å². The third-order valence-corrected chi connectivity index (χ3v) is 4.86. The average molecular weight is 427 g/mol. The van der Waals surface area contributed by atoms with E-state index in [0.717, 1.165) is 12.1 Å². The topological polar surface area (TPSA) is 59.0 Å². The molecule has 5 nitrogen and oxygen atoms in total. The number of carbonyl (C=O) groups excluding carboxylic acids is 1. The van der Waals surface area contributed by atoms with E-state index in [2.05, 4.69) is 4.74 Å². The van der Waals surface area contributed by atoms with Crippen LogP contribution in [0.2, 0.25) is 0 Å². The van der Waals surface area contributed by atoms with Gasteiger partial charge in [0.05, 0.1) is 0 Å². The highest BCUT2D eigenvalue weighted by Crippen LogP contribution is 2.26. The van der Waals surface area contributed by atoms with E-state index in [0.29, 0.717) is 25.1 Å². The van der Waals surface area contributed by atoms with Gasteiger partial charge < -0.3 is 19.5 Å². The molecule has 1 amide bonds. The summed E-state index contributed by atoms with van der Waals surface area (Å²) in [7, 11) is 0. The molecule has 1 N–H and O–H groups in total. The fourth-order valence-corrected chi connectivity index (χ4v) is 3.26. The highest BCUT2D eigenvalue weighted by Gasteiger charge is 2.33. The minimum Gasteiger partial charge on any atom is -0.491 e. The predicted octanol–water partition coefficient (Wildman–Crippen LogP) is 4.16. The van der Waals surface area contributed by atoms with Crippen LogP contribution in [0.5, 0.6) is 11.5 Å². The lowest BCUT2D eigenvalue weighted by Gasteiger charge is -2.27. The van der Waals surface area contributed by atoms with Gasteiger partial charge in [-0.3, -0.25) is 4.79 Å². The highest BCUT2D eigenvalue weighted by molar-refractivity contribution is 5.94. The molecule has 1 heterocycles. The zero-order chi connectivity index (χ0) is 21.8. The molecule has 0 aromatic heterocycles. The van der Waals surface area contributed by atoms with Gasteiger partial charge >= 0.3 is 6.36 Å². The number of alkyl halides is 3. The van der Waals surface area contributed by atoms with Crippen molar-refractivity contribution in [1.29, 1.82) is 0 Å². The van der Waals surface area contributed by atoms with Crippen LogP contribution >= 0.6 is 0 Å². The van der Waals surface area contributed by atoms with E-state index >= 15 is 0 Å². The van der Waals surface area contributed by atoms with Crippen molar-refractivity contribution in [2.75, 3.05) is 19.7 Å². The molecule has 1 saturated heterocycles. The van der Waals surface area contributed by atoms with Crippen LogP contribution in [0.3, 0.4) is 0 Å². The van der Waals surface area contributed by atoms with Gasteiger partial charge in [0.1, 0.15) is 29.5 Å². The molecule has 1 fully saturated rings. The Balaban J connectivity index is 1.57. The zero-order valence-electron chi connectivity index (χ0n) is 16.0. The number of hydrogen-bond acceptors (Lipinski definition) is 4. The van der Waals surface area contributed by atoms with Crippen molar-refractivity contribution in [2.45, 2.75) is 31.2 Å². The van der Waals surface area contributed by atoms with Crippen molar-refractivity contribution in [3.8, 4) is 11.5 Å². The molecule has 0 bridgehead atoms. The fourth-order valence-electron chi connectivity index (χ4n) is 3.26. The Hall–Kier alpha value is -2.81. The molecule has 1 atom stereocenters. The summed E-state index contributed by atoms with van der Waals surface area (Å²) < 4.78 is 59.1. The van der Waals surface area contributed by atoms with Gasteiger partial charge in [-0.2, -0.15) is 0 Å². The van der Waals surface area contributed by atoms with Crippen molar-refractivity contribution in [1.82, 2.24) is 4.90 Å². The number of halogens is 4. The van der Waals surface area contributed by atoms with Crippen LogP contribution < -0.4 is 9.47 Å². The summed E-state index contributed by atoms with van der Waals surface area (Å²) in [5, 5.41) is 10.8. The van der Waals surface area contributed by atoms with Gasteiger partial charge in [-0.15, -0.1) is 13.2 Å². The molecule has 30 heavy (non-hydrogen) atoms. The number of amides is 1. The molecule has 0 radical (unpaired) electrons. The maximum Gasteiger partial charge on any atom is 0.573 e. The molecule has 2 aromatic rings. The number of nitrogens with zero attached hydrogens (tertiary/aromatic N) is 1. The van der Waals surface area contributed by atoms with Gasteiger partial charge in [0.2, 0.25) is 0 Å². The van der Waals surface area contributed by atoms with E-state index in [4.69, 9.17) is 4.74 Å². The highest BCUT2D eigenvalue weighted by atomic mass is 19.4. The van der Waals surface area contributed by atoms with Crippen molar-refractivity contribution in [3.63, 3.8) is 0 Å². The molecule has 1 unspecified atom stereocenters. The first-order chi connectivity index (χ1) is 14.1. The van der Waals surface area contributed by atoms with Crippen LogP contribution in [0.1, 0.15) is 29.6 Å². The number of rotatable bonds is 5. The number of carbonyl (C=O) groups is 1. The summed E-state index contributed by atoms with van der Waals surface area (Å²) in [5.41, 5.74) is -0.911. The summed E-state index contributed by atoms with van der Waals surface area (Å²) >= 11 is 0. The van der Waals surface area contributed by atoms with Crippen molar-refractivity contribution in [3.05, 3.63) is 59.9 Å². The second kappa shape index (κ2) is 8.91. The Morgan fingerprint density at radius 1 is 1.00 bits per heavy atom. The van der Waals surface area contributed by atoms with Gasteiger partial charge in [0, 0.05) is 18.7 Å². The van der Waals surface area contributed by atoms with Gasteiger partial charge in [0.25, 0.3) is 5.91 Å². The first-order valence-electron chi connectivity index (χ1n) is 9.39. The molecule has 3 rings (SSSR count). The maximum atomic E-state index is 13.0. The lowest BCUT2D eigenvalue weighted by Crippen LogP contribution is -2.38. The largest absolute Gasteiger partial charge is 0.573 e. The summed E-state index contributed by atoms with van der Waals surface area (Å²) in [5.74, 6) is -0.689. The molecule has 162 valence electrons. The van der Waals surface area contributed by atoms with Crippen LogP contribution in [-0.2, 0) is 0 Å². The van der Waals surface area contributed by atoms with E-state index in [1.165, 1.54) is 36.4 Å². The summed E-state index contributed by atoms with van der Waals surface area (Å²) in [6.45, 7) is 0.672. The van der Waals surface area contributed by atoms with Gasteiger partial charge in [-0.1, -0.05) is 0 Å². The summed E-state index contributed by atoms with van der Waals surface area (Å²) in [4.78, 5) is 14.2. The Bertz CT molecular complexity index is 855. The molecule has 1 aliphatic rings. The molecule has 0 spiro atoms. The molecular formula is C21H21F4NO4. The minimum atomic E-state index is -4.79. The second-order valence-electron chi connectivity index (χ2n) is 7.18. The lowest BCUT2D eigenvalue weighted by atomic mass is 9.96. The molecule has 1 aliphatic heterocycles. The van der Waals surface area contributed by atoms with E-state index < -0.39 is 17.7 Å². The van der Waals surface area contributed by atoms with E-state index in [1.807, 2.05) is 0 Å². The SMILES string of the molecule is O=C(c1ccc(OC(F)(F)F)cc1)N1CCCC(O)(COc2ccc(F)cc2)CC1. The lowest BCUT2D eigenvalue weighted by molar-refractivity contribution is -0.274. The van der Waals surface area contributed by atoms with Gasteiger partial charge in [0.15, 0.2) is 0 Å². The van der Waals surface area contributed by atoms with Crippen LogP contribution in [0.25, 0.3) is 0 Å². The molecule has 2 aromatic carbocycles. The smallest absolute Gasteiger partial charge is 0.491 e. The summed E-state index contributed by atoms with van der Waals surface area (Å²) in [6.07, 6.45) is -3.58. The Morgan fingerprint density at radius 3 is 2.27 bits per heavy atom. The zero-order valence-corrected chi connectivity index (χ0v) is 16.0. The monoisotopic (exact) mass is 427 g/mol. The van der Waals surface area contributed by atoms with Crippen LogP contribution in [0.4, 0.5) is 17.6 Å². The Labute approximate surface area is 170 Å². The van der Waals surface area contributed by atoms with Crippen molar-refractivity contribution < 1.29 is 36.9 Å². The number of benzene rings is 2. The first kappa shape index (κ1) is 21.9. The molecule has 9 heteroatoms. The first-order valence-corrected chi connectivity index (χ1v) is 9.39. The second-order valence-corrected chi connectivity index (χ2v) is 7.18. The number of likely N-dealkylation sites (tertiary alicyclic amines) is 1. The predicted molar refractivity (Wildman–Crippen MR) is 99.7 cm³/mol. The average Bonchev–Trinajstić information content (AvgIpc) is 2.89. The third kappa shape index (κ3) is 6.09. The number of aliphatic hydroxyl groups is 1. The molecular weight excluding hydrogens is 406 g/mol. The quantitative estimate of drug-likeness (QED) is 0.728. The minimum absolute atomic E-state index is 0.00411. The number of hydrogen-bond donors (Lipinski definition) is 1. The molecule has 0 aliphatic carbocycles. The van der Waals surface area contributed by atoms with Crippen LogP contribution in [0, 0.1) is 5.82 Å². The summed E-state index contributed by atoms with van der Waals surface area (Å²) in [6, 6.07) is 10.2. The van der Waals surface area contributed by atoms with Crippen molar-refractivity contribution >= 4 is 5.91 Å². The van der Waals surface area contributed by atoms with E-state index in [1.54, 1.807) is 4.90 Å². The third-order valence-electron chi connectivity index (χ3n) is 4.86. The Kier molecular flexibility index (Phi) is 6.50. The standard InChI is InChI=1S/C21H21F4NO4/c22-16-4-8-17(9-5-16)29-14-20(28)10-1-12-26(13-11-20)19(27)15-2-6-18(7-3-15)30-21(23,24)25/h2-9,28H,1,10-14H2. The molecule has 0 saturated carbocycles. The van der Waals surface area contributed by atoms with Gasteiger partial charge in [-0.25, -0.2) is 4.39 Å². The maximum absolute atomic E-state index is 13.0.